The quantitative estimate of drug-likeness (QED) is 0.277. The number of nitrogens with two attached hydrogens (primary N) is 2. The molecule has 1 radical (unpaired) electrons. The molecular formula is C3H10CuN2O6S3. The first-order chi connectivity index (χ1) is 5.73. The fourth-order valence-electron chi connectivity index (χ4n) is 0. The van der Waals surface area contributed by atoms with Crippen LogP contribution < -0.4 is 11.5 Å². The second-order valence-electron chi connectivity index (χ2n) is 1.81. The number of thiocarbonyl (C=S) groups is 1. The average Bonchev–Trinajstić information content (AvgIpc) is 1.45. The third-order valence-corrected chi connectivity index (χ3v) is 0. The van der Waals surface area contributed by atoms with E-state index < -0.39 is 20.2 Å². The van der Waals surface area contributed by atoms with Crippen LogP contribution in [0.15, 0.2) is 0 Å². The summed E-state index contributed by atoms with van der Waals surface area (Å²) < 4.78 is 54.5. The molecule has 0 saturated heterocycles. The Morgan fingerprint density at radius 1 is 1.00 bits per heavy atom. The molecule has 0 unspecified atom stereocenters. The normalized spacial score (nSPS) is 9.33. The van der Waals surface area contributed by atoms with Crippen molar-refractivity contribution in [2.75, 3.05) is 12.5 Å². The van der Waals surface area contributed by atoms with Gasteiger partial charge in [0.05, 0.1) is 20.2 Å². The molecule has 0 bridgehead atoms. The zero-order chi connectivity index (χ0) is 12.6. The van der Waals surface area contributed by atoms with Gasteiger partial charge in [-0.15, -0.1) is 0 Å². The molecule has 0 fully saturated rings. The van der Waals surface area contributed by atoms with E-state index in [1.165, 1.54) is 0 Å². The molecule has 8 nitrogen and oxygen atoms in total. The van der Waals surface area contributed by atoms with Crippen molar-refractivity contribution in [3.63, 3.8) is 0 Å². The SMILES string of the molecule is CS(=O)(=O)[O-].CS(=O)(=O)[O-].NC(N)=S.[Cu+2]. The summed E-state index contributed by atoms with van der Waals surface area (Å²) >= 11 is 4.09. The van der Waals surface area contributed by atoms with Gasteiger partial charge in [0.15, 0.2) is 5.11 Å². The van der Waals surface area contributed by atoms with Crippen molar-refractivity contribution in [3.05, 3.63) is 0 Å². The van der Waals surface area contributed by atoms with E-state index in [1.54, 1.807) is 0 Å². The van der Waals surface area contributed by atoms with Crippen LogP contribution in [0, 0.1) is 0 Å². The maximum atomic E-state index is 9.08. The summed E-state index contributed by atoms with van der Waals surface area (Å²) in [4.78, 5) is 0. The summed E-state index contributed by atoms with van der Waals surface area (Å²) in [6.07, 6.45) is 1.21. The van der Waals surface area contributed by atoms with E-state index in [4.69, 9.17) is 25.9 Å². The summed E-state index contributed by atoms with van der Waals surface area (Å²) in [6, 6.07) is 0. The smallest absolute Gasteiger partial charge is 0.748 e. The molecule has 0 aliphatic rings. The molecule has 0 saturated carbocycles. The Morgan fingerprint density at radius 3 is 1.00 bits per heavy atom. The van der Waals surface area contributed by atoms with Crippen molar-refractivity contribution in [1.82, 2.24) is 0 Å². The molecule has 0 aromatic rings. The maximum Gasteiger partial charge on any atom is 2.00 e. The van der Waals surface area contributed by atoms with E-state index in [0.29, 0.717) is 12.5 Å². The molecule has 4 N–H and O–H groups in total. The molecule has 0 aromatic carbocycles. The Morgan fingerprint density at radius 2 is 1.00 bits per heavy atom. The number of hydrogen-bond acceptors (Lipinski definition) is 7. The van der Waals surface area contributed by atoms with E-state index >= 15 is 0 Å². The molecular weight excluding hydrogens is 320 g/mol. The maximum absolute atomic E-state index is 9.08. The summed E-state index contributed by atoms with van der Waals surface area (Å²) in [5.74, 6) is 0. The van der Waals surface area contributed by atoms with Crippen LogP contribution in [-0.4, -0.2) is 43.6 Å². The van der Waals surface area contributed by atoms with E-state index in [-0.39, 0.29) is 22.2 Å². The van der Waals surface area contributed by atoms with Crippen molar-refractivity contribution in [2.24, 2.45) is 11.5 Å². The van der Waals surface area contributed by atoms with Crippen LogP contribution in [0.1, 0.15) is 0 Å². The second kappa shape index (κ2) is 10.5. The first-order valence-electron chi connectivity index (χ1n) is 2.60. The van der Waals surface area contributed by atoms with Crippen LogP contribution in [0.25, 0.3) is 0 Å². The molecule has 0 amide bonds. The monoisotopic (exact) mass is 329 g/mol. The second-order valence-corrected chi connectivity index (χ2v) is 5.10. The standard InChI is InChI=1S/CH4N2S.2CH4O3S.Cu/c2-1(3)4;2*1-5(2,3)4;/h(H4,2,3,4);2*1H3,(H,2,3,4);/q;;;+2/p-2. The van der Waals surface area contributed by atoms with Crippen molar-refractivity contribution < 1.29 is 43.0 Å². The molecule has 15 heavy (non-hydrogen) atoms. The molecule has 0 aliphatic carbocycles. The number of hydrogen-bond donors (Lipinski definition) is 2. The van der Waals surface area contributed by atoms with Crippen LogP contribution in [-0.2, 0) is 37.3 Å². The number of rotatable bonds is 0. The van der Waals surface area contributed by atoms with Crippen molar-refractivity contribution in [1.29, 1.82) is 0 Å². The topological polar surface area (TPSA) is 166 Å². The predicted molar refractivity (Wildman–Crippen MR) is 52.2 cm³/mol. The molecule has 0 aliphatic heterocycles. The van der Waals surface area contributed by atoms with Gasteiger partial charge in [-0.05, 0) is 12.2 Å². The van der Waals surface area contributed by atoms with E-state index in [2.05, 4.69) is 23.7 Å². The van der Waals surface area contributed by atoms with Gasteiger partial charge in [0.1, 0.15) is 0 Å². The van der Waals surface area contributed by atoms with Crippen molar-refractivity contribution >= 4 is 37.6 Å². The minimum Gasteiger partial charge on any atom is -0.748 e. The van der Waals surface area contributed by atoms with Gasteiger partial charge in [-0.2, -0.15) is 0 Å². The summed E-state index contributed by atoms with van der Waals surface area (Å²) in [7, 11) is -7.83. The predicted octanol–water partition coefficient (Wildman–Crippen LogP) is -2.49. The third kappa shape index (κ3) is 2340000. The first kappa shape index (κ1) is 24.3. The molecule has 0 spiro atoms. The fraction of sp³-hybridized carbons (Fsp3) is 0.667. The Hall–Kier alpha value is 0.0295. The molecule has 0 heterocycles. The Labute approximate surface area is 104 Å². The van der Waals surface area contributed by atoms with E-state index in [0.717, 1.165) is 0 Å². The van der Waals surface area contributed by atoms with Crippen LogP contribution in [0.3, 0.4) is 0 Å². The molecule has 97 valence electrons. The van der Waals surface area contributed by atoms with Crippen LogP contribution >= 0.6 is 12.2 Å². The van der Waals surface area contributed by atoms with E-state index in [9.17, 15) is 0 Å². The summed E-state index contributed by atoms with van der Waals surface area (Å²) in [5, 5.41) is 0.000000000000000222. The van der Waals surface area contributed by atoms with Crippen molar-refractivity contribution in [3.8, 4) is 0 Å². The first-order valence-corrected chi connectivity index (χ1v) is 6.64. The van der Waals surface area contributed by atoms with Crippen LogP contribution in [0.4, 0.5) is 0 Å². The van der Waals surface area contributed by atoms with Gasteiger partial charge in [0, 0.05) is 12.5 Å². The van der Waals surface area contributed by atoms with Gasteiger partial charge < -0.3 is 20.6 Å². The van der Waals surface area contributed by atoms with Gasteiger partial charge >= 0.3 is 17.1 Å². The van der Waals surface area contributed by atoms with Gasteiger partial charge in [0.2, 0.25) is 0 Å². The van der Waals surface area contributed by atoms with Gasteiger partial charge in [-0.3, -0.25) is 0 Å². The zero-order valence-corrected chi connectivity index (χ0v) is 11.0. The zero-order valence-electron chi connectivity index (χ0n) is 7.63. The van der Waals surface area contributed by atoms with Gasteiger partial charge in [0.25, 0.3) is 0 Å². The third-order valence-electron chi connectivity index (χ3n) is 0. The van der Waals surface area contributed by atoms with Crippen molar-refractivity contribution in [2.45, 2.75) is 0 Å². The minimum absolute atomic E-state index is 0. The summed E-state index contributed by atoms with van der Waals surface area (Å²) in [5.41, 5.74) is 9.24. The average molecular weight is 330 g/mol. The Bertz CT molecular complexity index is 298. The molecule has 0 rings (SSSR count). The molecule has 0 aromatic heterocycles. The molecule has 0 atom stereocenters. The van der Waals surface area contributed by atoms with Crippen LogP contribution in [0.2, 0.25) is 0 Å². The van der Waals surface area contributed by atoms with E-state index in [1.807, 2.05) is 0 Å². The molecule has 12 heteroatoms. The Balaban J connectivity index is -0.0000000590. The Kier molecular flexibility index (Phi) is 17.1. The minimum atomic E-state index is -3.92. The fourth-order valence-corrected chi connectivity index (χ4v) is 0. The van der Waals surface area contributed by atoms with Crippen LogP contribution in [0.5, 0.6) is 0 Å². The van der Waals surface area contributed by atoms with Gasteiger partial charge in [-0.25, -0.2) is 16.8 Å². The van der Waals surface area contributed by atoms with Gasteiger partial charge in [-0.1, -0.05) is 0 Å². The largest absolute Gasteiger partial charge is 2.00 e. The summed E-state index contributed by atoms with van der Waals surface area (Å²) in [6.45, 7) is 0.